The van der Waals surface area contributed by atoms with Gasteiger partial charge in [-0.25, -0.2) is 0 Å². The van der Waals surface area contributed by atoms with E-state index in [-0.39, 0.29) is 18.6 Å². The number of fused-ring (bicyclic) bond motifs is 1. The van der Waals surface area contributed by atoms with Gasteiger partial charge in [0, 0.05) is 32.1 Å². The minimum Gasteiger partial charge on any atom is -0.375 e. The number of nitrogens with zero attached hydrogens (tertiary/aromatic N) is 2. The Morgan fingerprint density at radius 3 is 2.75 bits per heavy atom. The van der Waals surface area contributed by atoms with Gasteiger partial charge in [0.1, 0.15) is 6.61 Å². The predicted molar refractivity (Wildman–Crippen MR) is 76.3 cm³/mol. The molecular weight excluding hydrogens is 252 g/mol. The SMILES string of the molecule is COCC(=O)N1CCn2cccc2[C@H]1c1ccccc1. The van der Waals surface area contributed by atoms with Crippen LogP contribution in [0.15, 0.2) is 48.7 Å². The summed E-state index contributed by atoms with van der Waals surface area (Å²) in [6.07, 6.45) is 2.07. The van der Waals surface area contributed by atoms with Crippen molar-refractivity contribution in [1.29, 1.82) is 0 Å². The molecule has 1 aliphatic heterocycles. The number of aromatic nitrogens is 1. The first-order valence-corrected chi connectivity index (χ1v) is 6.79. The van der Waals surface area contributed by atoms with Gasteiger partial charge >= 0.3 is 0 Å². The molecule has 0 spiro atoms. The first-order valence-electron chi connectivity index (χ1n) is 6.79. The number of rotatable bonds is 3. The minimum absolute atomic E-state index is 0.0254. The van der Waals surface area contributed by atoms with Crippen molar-refractivity contribution in [2.45, 2.75) is 12.6 Å². The lowest BCUT2D eigenvalue weighted by Gasteiger charge is -2.37. The van der Waals surface area contributed by atoms with Crippen molar-refractivity contribution >= 4 is 5.91 Å². The molecule has 1 atom stereocenters. The Kier molecular flexibility index (Phi) is 3.56. The van der Waals surface area contributed by atoms with Crippen molar-refractivity contribution < 1.29 is 9.53 Å². The summed E-state index contributed by atoms with van der Waals surface area (Å²) in [5.74, 6) is 0.0359. The first kappa shape index (κ1) is 12.9. The summed E-state index contributed by atoms with van der Waals surface area (Å²) in [7, 11) is 1.56. The van der Waals surface area contributed by atoms with E-state index in [1.807, 2.05) is 29.2 Å². The van der Waals surface area contributed by atoms with Crippen LogP contribution in [0.2, 0.25) is 0 Å². The van der Waals surface area contributed by atoms with Crippen LogP contribution in [-0.2, 0) is 16.1 Å². The maximum absolute atomic E-state index is 12.3. The zero-order chi connectivity index (χ0) is 13.9. The van der Waals surface area contributed by atoms with Crippen LogP contribution in [0.4, 0.5) is 0 Å². The third-order valence-electron chi connectivity index (χ3n) is 3.74. The highest BCUT2D eigenvalue weighted by Gasteiger charge is 2.31. The highest BCUT2D eigenvalue weighted by molar-refractivity contribution is 5.78. The van der Waals surface area contributed by atoms with Gasteiger partial charge in [0.15, 0.2) is 0 Å². The van der Waals surface area contributed by atoms with Crippen molar-refractivity contribution in [2.24, 2.45) is 0 Å². The van der Waals surface area contributed by atoms with E-state index < -0.39 is 0 Å². The number of amides is 1. The molecular formula is C16H18N2O2. The van der Waals surface area contributed by atoms with Gasteiger partial charge in [-0.3, -0.25) is 4.79 Å². The summed E-state index contributed by atoms with van der Waals surface area (Å²) >= 11 is 0. The molecule has 0 bridgehead atoms. The van der Waals surface area contributed by atoms with Crippen LogP contribution in [0.25, 0.3) is 0 Å². The normalized spacial score (nSPS) is 17.9. The molecule has 2 aromatic rings. The van der Waals surface area contributed by atoms with Gasteiger partial charge in [-0.2, -0.15) is 0 Å². The quantitative estimate of drug-likeness (QED) is 0.855. The molecule has 0 radical (unpaired) electrons. The van der Waals surface area contributed by atoms with E-state index in [9.17, 15) is 4.79 Å². The molecule has 0 saturated heterocycles. The summed E-state index contributed by atoms with van der Waals surface area (Å²) in [5.41, 5.74) is 2.29. The summed E-state index contributed by atoms with van der Waals surface area (Å²) in [4.78, 5) is 14.2. The largest absolute Gasteiger partial charge is 0.375 e. The predicted octanol–water partition coefficient (Wildman–Crippen LogP) is 2.07. The number of carbonyl (C=O) groups excluding carboxylic acids is 1. The number of hydrogen-bond donors (Lipinski definition) is 0. The van der Waals surface area contributed by atoms with Crippen LogP contribution in [-0.4, -0.2) is 35.6 Å². The van der Waals surface area contributed by atoms with Crippen molar-refractivity contribution in [3.63, 3.8) is 0 Å². The van der Waals surface area contributed by atoms with E-state index in [0.717, 1.165) is 17.8 Å². The molecule has 0 fully saturated rings. The van der Waals surface area contributed by atoms with Gasteiger partial charge in [-0.05, 0) is 17.7 Å². The standard InChI is InChI=1S/C16H18N2O2/c1-20-12-15(19)18-11-10-17-9-5-8-14(17)16(18)13-6-3-2-4-7-13/h2-9,16H,10-12H2,1H3/t16-/m1/s1. The van der Waals surface area contributed by atoms with Gasteiger partial charge < -0.3 is 14.2 Å². The molecule has 3 rings (SSSR count). The van der Waals surface area contributed by atoms with Crippen molar-refractivity contribution in [3.8, 4) is 0 Å². The van der Waals surface area contributed by atoms with E-state index in [4.69, 9.17) is 4.74 Å². The fraction of sp³-hybridized carbons (Fsp3) is 0.312. The highest BCUT2D eigenvalue weighted by Crippen LogP contribution is 2.32. The molecule has 1 aliphatic rings. The molecule has 20 heavy (non-hydrogen) atoms. The Hall–Kier alpha value is -2.07. The van der Waals surface area contributed by atoms with Crippen molar-refractivity contribution in [1.82, 2.24) is 9.47 Å². The number of hydrogen-bond acceptors (Lipinski definition) is 2. The second-order valence-corrected chi connectivity index (χ2v) is 4.96. The molecule has 0 saturated carbocycles. The number of carbonyl (C=O) groups is 1. The molecule has 0 N–H and O–H groups in total. The van der Waals surface area contributed by atoms with Gasteiger partial charge in [-0.15, -0.1) is 0 Å². The maximum atomic E-state index is 12.3. The molecule has 0 unspecified atom stereocenters. The Labute approximate surface area is 118 Å². The summed E-state index contributed by atoms with van der Waals surface area (Å²) < 4.78 is 7.23. The molecule has 1 amide bonds. The molecule has 1 aromatic heterocycles. The highest BCUT2D eigenvalue weighted by atomic mass is 16.5. The van der Waals surface area contributed by atoms with Crippen LogP contribution in [0.3, 0.4) is 0 Å². The molecule has 4 nitrogen and oxygen atoms in total. The number of methoxy groups -OCH3 is 1. The van der Waals surface area contributed by atoms with Gasteiger partial charge in [0.2, 0.25) is 5.91 Å². The topological polar surface area (TPSA) is 34.5 Å². The van der Waals surface area contributed by atoms with Crippen LogP contribution >= 0.6 is 0 Å². The Bertz CT molecular complexity index is 592. The van der Waals surface area contributed by atoms with Gasteiger partial charge in [0.05, 0.1) is 6.04 Å². The molecule has 104 valence electrons. The smallest absolute Gasteiger partial charge is 0.249 e. The van der Waals surface area contributed by atoms with Crippen molar-refractivity contribution in [2.75, 3.05) is 20.3 Å². The molecule has 1 aromatic carbocycles. The lowest BCUT2D eigenvalue weighted by atomic mass is 10.00. The second kappa shape index (κ2) is 5.51. The third kappa shape index (κ3) is 2.23. The molecule has 0 aliphatic carbocycles. The minimum atomic E-state index is -0.0254. The van der Waals surface area contributed by atoms with Crippen molar-refractivity contribution in [3.05, 3.63) is 59.9 Å². The third-order valence-corrected chi connectivity index (χ3v) is 3.74. The fourth-order valence-corrected chi connectivity index (χ4v) is 2.84. The lowest BCUT2D eigenvalue weighted by Crippen LogP contribution is -2.43. The van der Waals surface area contributed by atoms with Gasteiger partial charge in [0.25, 0.3) is 0 Å². The Morgan fingerprint density at radius 2 is 2.00 bits per heavy atom. The van der Waals surface area contributed by atoms with E-state index in [2.05, 4.69) is 29.0 Å². The molecule has 2 heterocycles. The monoisotopic (exact) mass is 270 g/mol. The molecule has 4 heteroatoms. The zero-order valence-corrected chi connectivity index (χ0v) is 11.5. The average Bonchev–Trinajstić information content (AvgIpc) is 2.95. The maximum Gasteiger partial charge on any atom is 0.249 e. The first-order chi connectivity index (χ1) is 9.81. The summed E-state index contributed by atoms with van der Waals surface area (Å²) in [6, 6.07) is 14.3. The van der Waals surface area contributed by atoms with Crippen LogP contribution in [0, 0.1) is 0 Å². The van der Waals surface area contributed by atoms with Crippen LogP contribution < -0.4 is 0 Å². The van der Waals surface area contributed by atoms with E-state index in [1.165, 1.54) is 0 Å². The van der Waals surface area contributed by atoms with Crippen LogP contribution in [0.5, 0.6) is 0 Å². The van der Waals surface area contributed by atoms with E-state index in [1.54, 1.807) is 7.11 Å². The van der Waals surface area contributed by atoms with Gasteiger partial charge in [-0.1, -0.05) is 30.3 Å². The number of ether oxygens (including phenoxy) is 1. The summed E-state index contributed by atoms with van der Waals surface area (Å²) in [6.45, 7) is 1.68. The Morgan fingerprint density at radius 1 is 1.20 bits per heavy atom. The fourth-order valence-electron chi connectivity index (χ4n) is 2.84. The van der Waals surface area contributed by atoms with E-state index >= 15 is 0 Å². The summed E-state index contributed by atoms with van der Waals surface area (Å²) in [5, 5.41) is 0. The number of benzene rings is 1. The second-order valence-electron chi connectivity index (χ2n) is 4.96. The van der Waals surface area contributed by atoms with Crippen LogP contribution in [0.1, 0.15) is 17.3 Å². The zero-order valence-electron chi connectivity index (χ0n) is 11.5. The lowest BCUT2D eigenvalue weighted by molar-refractivity contribution is -0.137. The Balaban J connectivity index is 2.01. The average molecular weight is 270 g/mol. The van der Waals surface area contributed by atoms with E-state index in [0.29, 0.717) is 6.54 Å².